The predicted octanol–water partition coefficient (Wildman–Crippen LogP) is 8.62. The number of allylic oxidation sites excluding steroid dienone is 2. The van der Waals surface area contributed by atoms with E-state index in [1.165, 1.54) is 5.56 Å². The average Bonchev–Trinajstić information content (AvgIpc) is 3.47. The minimum Gasteiger partial charge on any atom is -0.461 e. The maximum Gasteiger partial charge on any atom is 0.407 e. The van der Waals surface area contributed by atoms with Crippen LogP contribution < -0.4 is 10.6 Å². The summed E-state index contributed by atoms with van der Waals surface area (Å²) in [5.74, 6) is -1.50. The number of aryl methyl sites for hydroxylation is 1. The number of nitrogens with one attached hydrogen (secondary N) is 2. The first-order chi connectivity index (χ1) is 27.8. The van der Waals surface area contributed by atoms with Crippen LogP contribution in [0, 0.1) is 11.8 Å². The topological polar surface area (TPSA) is 167 Å². The number of carbonyl (C=O) groups is 3. The number of aliphatic hydroxyl groups is 3. The molecule has 0 aliphatic heterocycles. The second-order valence-electron chi connectivity index (χ2n) is 16.3. The Morgan fingerprint density at radius 2 is 1.62 bits per heavy atom. The lowest BCUT2D eigenvalue weighted by atomic mass is 9.85. The Balaban J connectivity index is 0.00000480. The van der Waals surface area contributed by atoms with Crippen molar-refractivity contribution in [2.45, 2.75) is 115 Å². The molecule has 5 N–H and O–H groups in total. The van der Waals surface area contributed by atoms with Gasteiger partial charge in [-0.05, 0) is 124 Å². The number of aliphatic hydroxyl groups excluding tert-OH is 3. The number of halogens is 2. The highest BCUT2D eigenvalue weighted by atomic mass is 35.5. The lowest BCUT2D eigenvalue weighted by Crippen LogP contribution is -2.37. The van der Waals surface area contributed by atoms with Crippen molar-refractivity contribution in [3.8, 4) is 0 Å². The summed E-state index contributed by atoms with van der Waals surface area (Å²) in [6, 6.07) is 24.7. The van der Waals surface area contributed by atoms with Crippen molar-refractivity contribution >= 4 is 59.2 Å². The summed E-state index contributed by atoms with van der Waals surface area (Å²) in [4.78, 5) is 42.8. The van der Waals surface area contributed by atoms with Crippen LogP contribution in [0.3, 0.4) is 0 Å². The van der Waals surface area contributed by atoms with Gasteiger partial charge in [0, 0.05) is 36.4 Å². The lowest BCUT2D eigenvalue weighted by molar-refractivity contribution is -0.145. The van der Waals surface area contributed by atoms with Crippen LogP contribution in [0.1, 0.15) is 94.7 Å². The van der Waals surface area contributed by atoms with Gasteiger partial charge in [-0.15, -0.1) is 24.8 Å². The molecule has 2 amide bonds. The highest BCUT2D eigenvalue weighted by Crippen LogP contribution is 2.38. The van der Waals surface area contributed by atoms with Crippen LogP contribution in [0.5, 0.6) is 0 Å². The number of carbonyl (C=O) groups excluding carboxylic acids is 3. The third-order valence-corrected chi connectivity index (χ3v) is 10.6. The number of unbranched alkanes of at least 4 members (excludes halogenated alkanes) is 1. The van der Waals surface area contributed by atoms with Gasteiger partial charge < -0.3 is 35.4 Å². The highest BCUT2D eigenvalue weighted by Gasteiger charge is 2.40. The van der Waals surface area contributed by atoms with Gasteiger partial charge in [0.05, 0.1) is 24.2 Å². The van der Waals surface area contributed by atoms with Crippen LogP contribution in [0.2, 0.25) is 0 Å². The number of aromatic nitrogens is 1. The Morgan fingerprint density at radius 3 is 2.35 bits per heavy atom. The van der Waals surface area contributed by atoms with Crippen LogP contribution in [-0.4, -0.2) is 68.7 Å². The number of fused-ring (bicyclic) bond motifs is 1. The van der Waals surface area contributed by atoms with E-state index in [-0.39, 0.29) is 68.1 Å². The fourth-order valence-corrected chi connectivity index (χ4v) is 7.48. The number of hydrogen-bond donors (Lipinski definition) is 5. The molecule has 0 bridgehead atoms. The molecule has 4 aromatic rings. The largest absolute Gasteiger partial charge is 0.461 e. The smallest absolute Gasteiger partial charge is 0.407 e. The monoisotopic (exact) mass is 865 g/mol. The van der Waals surface area contributed by atoms with Gasteiger partial charge in [0.25, 0.3) is 0 Å². The van der Waals surface area contributed by atoms with Crippen molar-refractivity contribution in [1.82, 2.24) is 10.3 Å². The highest BCUT2D eigenvalue weighted by molar-refractivity contribution is 5.98. The maximum absolute atomic E-state index is 13.6. The number of rotatable bonds is 19. The summed E-state index contributed by atoms with van der Waals surface area (Å²) >= 11 is 0. The summed E-state index contributed by atoms with van der Waals surface area (Å²) in [7, 11) is 0. The molecule has 326 valence electrons. The fraction of sp³-hybridized carbons (Fsp3) is 0.447. The van der Waals surface area contributed by atoms with E-state index in [4.69, 9.17) is 9.47 Å². The number of nitrogens with zero attached hydrogens (tertiary/aromatic N) is 1. The van der Waals surface area contributed by atoms with E-state index in [9.17, 15) is 29.7 Å². The molecule has 0 spiro atoms. The molecule has 1 fully saturated rings. The number of benzene rings is 3. The first kappa shape index (κ1) is 49.8. The van der Waals surface area contributed by atoms with Gasteiger partial charge in [0.1, 0.15) is 12.2 Å². The number of esters is 1. The van der Waals surface area contributed by atoms with Crippen molar-refractivity contribution in [3.63, 3.8) is 0 Å². The SMILES string of the molecule is CC(C)(C)OC(=O)NCC(C(=O)Nc1ccc2cnccc2c1)c1ccc(COC(=O)CCC/C=C\C[C@@H]2[C@@H](CC[C@@H](O)CCc3ccccc3)[C@H](O)C[C@@H]2O)cc1.Cl.Cl. The van der Waals surface area contributed by atoms with Gasteiger partial charge in [0.2, 0.25) is 5.91 Å². The van der Waals surface area contributed by atoms with E-state index in [2.05, 4.69) is 27.8 Å². The zero-order chi connectivity index (χ0) is 41.5. The summed E-state index contributed by atoms with van der Waals surface area (Å²) in [5, 5.41) is 39.4. The van der Waals surface area contributed by atoms with Crippen LogP contribution in [0.15, 0.2) is 103 Å². The molecule has 5 rings (SSSR count). The van der Waals surface area contributed by atoms with Gasteiger partial charge in [-0.2, -0.15) is 0 Å². The molecular weight excluding hydrogens is 805 g/mol. The Kier molecular flexibility index (Phi) is 20.5. The molecule has 0 saturated heterocycles. The number of anilines is 1. The average molecular weight is 867 g/mol. The van der Waals surface area contributed by atoms with E-state index in [1.54, 1.807) is 63.5 Å². The minimum atomic E-state index is -0.735. The van der Waals surface area contributed by atoms with Crippen molar-refractivity contribution < 1.29 is 39.2 Å². The molecule has 0 radical (unpaired) electrons. The standard InChI is InChI=1S/C47H59N3O8.2ClH/c1-47(2,3)58-46(56)49-30-41(45(55)50-37-21-20-36-29-48-26-25-35(36)27-37)34-18-15-33(16-19-34)31-57-44(54)14-10-5-4-9-13-39-40(43(53)28-42(39)52)24-23-38(51)22-17-32-11-7-6-8-12-32;;/h4,6-9,11-12,15-16,18-21,25-27,29,38-43,51-53H,5,10,13-14,17,22-24,28,30-31H2,1-3H3,(H,49,56)(H,50,55);2*1H/b9-4-;;/t38-,39+,40+,41?,42-,43+;;/m0../s1. The summed E-state index contributed by atoms with van der Waals surface area (Å²) in [5.41, 5.74) is 2.54. The van der Waals surface area contributed by atoms with Crippen molar-refractivity contribution in [2.24, 2.45) is 11.8 Å². The Morgan fingerprint density at radius 1 is 0.883 bits per heavy atom. The molecule has 11 nitrogen and oxygen atoms in total. The normalized spacial score (nSPS) is 18.5. The van der Waals surface area contributed by atoms with Crippen molar-refractivity contribution in [2.75, 3.05) is 11.9 Å². The van der Waals surface area contributed by atoms with E-state index < -0.39 is 35.9 Å². The first-order valence-electron chi connectivity index (χ1n) is 20.4. The molecule has 6 atom stereocenters. The van der Waals surface area contributed by atoms with Gasteiger partial charge in [0.15, 0.2) is 0 Å². The molecular formula is C47H61Cl2N3O8. The second kappa shape index (κ2) is 24.7. The molecule has 1 aliphatic carbocycles. The molecule has 1 aromatic heterocycles. The molecule has 3 aromatic carbocycles. The maximum atomic E-state index is 13.6. The second-order valence-corrected chi connectivity index (χ2v) is 16.3. The molecule has 60 heavy (non-hydrogen) atoms. The zero-order valence-corrected chi connectivity index (χ0v) is 36.3. The van der Waals surface area contributed by atoms with Gasteiger partial charge in [-0.1, -0.05) is 72.8 Å². The molecule has 1 unspecified atom stereocenters. The number of alkyl carbamates (subject to hydrolysis) is 1. The zero-order valence-electron chi connectivity index (χ0n) is 34.7. The predicted molar refractivity (Wildman–Crippen MR) is 239 cm³/mol. The first-order valence-corrected chi connectivity index (χ1v) is 20.4. The lowest BCUT2D eigenvalue weighted by Gasteiger charge is -2.23. The summed E-state index contributed by atoms with van der Waals surface area (Å²) in [6.45, 7) is 5.39. The van der Waals surface area contributed by atoms with Crippen molar-refractivity contribution in [3.05, 3.63) is 120 Å². The fourth-order valence-electron chi connectivity index (χ4n) is 7.48. The number of ether oxygens (including phenoxy) is 2. The Bertz CT molecular complexity index is 1960. The van der Waals surface area contributed by atoms with Gasteiger partial charge >= 0.3 is 12.1 Å². The van der Waals surface area contributed by atoms with E-state index >= 15 is 0 Å². The Hall–Kier alpha value is -4.52. The van der Waals surface area contributed by atoms with Gasteiger partial charge in [-0.25, -0.2) is 4.79 Å². The summed E-state index contributed by atoms with van der Waals surface area (Å²) < 4.78 is 10.9. The quantitative estimate of drug-likeness (QED) is 0.0352. The van der Waals surface area contributed by atoms with E-state index in [0.29, 0.717) is 56.2 Å². The van der Waals surface area contributed by atoms with Crippen LogP contribution in [0.4, 0.5) is 10.5 Å². The Labute approximate surface area is 366 Å². The minimum absolute atomic E-state index is 0. The number of pyridine rings is 1. The van der Waals surface area contributed by atoms with Gasteiger partial charge in [-0.3, -0.25) is 14.6 Å². The third-order valence-electron chi connectivity index (χ3n) is 10.6. The number of hydrogen-bond acceptors (Lipinski definition) is 9. The van der Waals surface area contributed by atoms with Crippen LogP contribution in [0.25, 0.3) is 10.8 Å². The van der Waals surface area contributed by atoms with Crippen LogP contribution in [-0.2, 0) is 32.1 Å². The van der Waals surface area contributed by atoms with E-state index in [0.717, 1.165) is 22.8 Å². The summed E-state index contributed by atoms with van der Waals surface area (Å²) in [6.07, 6.45) is 10.5. The van der Waals surface area contributed by atoms with Crippen molar-refractivity contribution in [1.29, 1.82) is 0 Å². The molecule has 1 heterocycles. The van der Waals surface area contributed by atoms with Crippen LogP contribution >= 0.6 is 24.8 Å². The molecule has 1 aliphatic rings. The van der Waals surface area contributed by atoms with E-state index in [1.807, 2.05) is 48.6 Å². The third kappa shape index (κ3) is 16.2. The number of amides is 2. The molecule has 1 saturated carbocycles. The molecule has 13 heteroatoms.